The fourth-order valence-corrected chi connectivity index (χ4v) is 2.14. The number of ether oxygens (including phenoxy) is 1. The number of rotatable bonds is 5. The summed E-state index contributed by atoms with van der Waals surface area (Å²) in [7, 11) is 0. The van der Waals surface area contributed by atoms with Crippen LogP contribution < -0.4 is 10.1 Å². The molecule has 2 aromatic heterocycles. The van der Waals surface area contributed by atoms with Crippen LogP contribution >= 0.6 is 11.6 Å². The van der Waals surface area contributed by atoms with Crippen molar-refractivity contribution in [1.29, 1.82) is 0 Å². The molecule has 0 unspecified atom stereocenters. The summed E-state index contributed by atoms with van der Waals surface area (Å²) in [6.45, 7) is 1.63. The molecule has 24 heavy (non-hydrogen) atoms. The van der Waals surface area contributed by atoms with Gasteiger partial charge in [0.2, 0.25) is 0 Å². The van der Waals surface area contributed by atoms with E-state index in [1.54, 1.807) is 60.4 Å². The summed E-state index contributed by atoms with van der Waals surface area (Å²) in [5.41, 5.74) is 0. The first-order chi connectivity index (χ1) is 11.6. The molecule has 0 fully saturated rings. The van der Waals surface area contributed by atoms with Gasteiger partial charge in [0, 0.05) is 18.5 Å². The van der Waals surface area contributed by atoms with Gasteiger partial charge in [0.25, 0.3) is 5.91 Å². The molecule has 7 nitrogen and oxygen atoms in total. The third kappa shape index (κ3) is 3.69. The minimum absolute atomic E-state index is 0.347. The summed E-state index contributed by atoms with van der Waals surface area (Å²) in [6, 6.07) is 10.4. The van der Waals surface area contributed by atoms with E-state index in [1.807, 2.05) is 0 Å². The summed E-state index contributed by atoms with van der Waals surface area (Å²) in [6.07, 6.45) is 4.00. The van der Waals surface area contributed by atoms with Crippen LogP contribution in [0.15, 0.2) is 55.1 Å². The molecule has 0 saturated carbocycles. The van der Waals surface area contributed by atoms with E-state index in [-0.39, 0.29) is 5.91 Å². The number of aromatic nitrogens is 4. The SMILES string of the molecule is C[C@H](Oc1ccccc1Cl)C(=O)Nc1cc(-n2cccn2)ncn1. The highest BCUT2D eigenvalue weighted by molar-refractivity contribution is 6.32. The van der Waals surface area contributed by atoms with Gasteiger partial charge in [-0.25, -0.2) is 14.6 Å². The Morgan fingerprint density at radius 1 is 1.29 bits per heavy atom. The number of carbonyl (C=O) groups is 1. The molecule has 0 radical (unpaired) electrons. The van der Waals surface area contributed by atoms with Crippen LogP contribution in [0, 0.1) is 0 Å². The standard InChI is InChI=1S/C16H14ClN5O2/c1-11(24-13-6-3-2-5-12(13)17)16(23)21-14-9-15(19-10-18-14)22-8-4-7-20-22/h2-11H,1H3,(H,18,19,21,23)/t11-/m0/s1. The smallest absolute Gasteiger partial charge is 0.266 e. The van der Waals surface area contributed by atoms with Crippen molar-refractivity contribution in [2.75, 3.05) is 5.32 Å². The average Bonchev–Trinajstić information content (AvgIpc) is 3.12. The Bertz CT molecular complexity index is 838. The van der Waals surface area contributed by atoms with Gasteiger partial charge in [0.15, 0.2) is 11.9 Å². The molecule has 0 bridgehead atoms. The first-order valence-electron chi connectivity index (χ1n) is 7.17. The van der Waals surface area contributed by atoms with Gasteiger partial charge in [0.1, 0.15) is 17.9 Å². The monoisotopic (exact) mass is 343 g/mol. The molecule has 3 aromatic rings. The Morgan fingerprint density at radius 3 is 2.88 bits per heavy atom. The Labute approximate surface area is 143 Å². The molecule has 0 aliphatic heterocycles. The molecule has 3 rings (SSSR count). The van der Waals surface area contributed by atoms with Crippen LogP contribution in [-0.4, -0.2) is 31.8 Å². The lowest BCUT2D eigenvalue weighted by molar-refractivity contribution is -0.122. The molecule has 1 amide bonds. The number of halogens is 1. The van der Waals surface area contributed by atoms with Crippen molar-refractivity contribution in [3.8, 4) is 11.6 Å². The number of para-hydroxylation sites is 1. The van der Waals surface area contributed by atoms with Crippen LogP contribution in [0.25, 0.3) is 5.82 Å². The van der Waals surface area contributed by atoms with Crippen LogP contribution in [0.1, 0.15) is 6.92 Å². The van der Waals surface area contributed by atoms with Gasteiger partial charge in [-0.3, -0.25) is 4.79 Å². The van der Waals surface area contributed by atoms with Crippen molar-refractivity contribution in [1.82, 2.24) is 19.7 Å². The minimum Gasteiger partial charge on any atom is -0.479 e. The Balaban J connectivity index is 1.68. The lowest BCUT2D eigenvalue weighted by atomic mass is 10.3. The second kappa shape index (κ2) is 7.10. The summed E-state index contributed by atoms with van der Waals surface area (Å²) in [5, 5.41) is 7.21. The van der Waals surface area contributed by atoms with Gasteiger partial charge < -0.3 is 10.1 Å². The first-order valence-corrected chi connectivity index (χ1v) is 7.55. The molecule has 1 atom stereocenters. The zero-order chi connectivity index (χ0) is 16.9. The molecule has 0 aliphatic carbocycles. The molecule has 1 N–H and O–H groups in total. The summed E-state index contributed by atoms with van der Waals surface area (Å²) in [5.74, 6) is 1.00. The highest BCUT2D eigenvalue weighted by Crippen LogP contribution is 2.24. The van der Waals surface area contributed by atoms with Crippen LogP contribution in [0.3, 0.4) is 0 Å². The zero-order valence-corrected chi connectivity index (χ0v) is 13.5. The van der Waals surface area contributed by atoms with Crippen LogP contribution in [0.5, 0.6) is 5.75 Å². The predicted octanol–water partition coefficient (Wildman–Crippen LogP) is 2.72. The third-order valence-electron chi connectivity index (χ3n) is 3.15. The highest BCUT2D eigenvalue weighted by atomic mass is 35.5. The Kier molecular flexibility index (Phi) is 4.72. The maximum atomic E-state index is 12.3. The predicted molar refractivity (Wildman–Crippen MR) is 89.3 cm³/mol. The van der Waals surface area contributed by atoms with Gasteiger partial charge in [-0.15, -0.1) is 0 Å². The van der Waals surface area contributed by atoms with E-state index in [9.17, 15) is 4.79 Å². The number of carbonyl (C=O) groups excluding carboxylic acids is 1. The molecule has 0 aliphatic rings. The van der Waals surface area contributed by atoms with Crippen LogP contribution in [0.4, 0.5) is 5.82 Å². The summed E-state index contributed by atoms with van der Waals surface area (Å²) < 4.78 is 7.15. The number of anilines is 1. The van der Waals surface area contributed by atoms with Crippen molar-refractivity contribution >= 4 is 23.3 Å². The van der Waals surface area contributed by atoms with E-state index in [0.29, 0.717) is 22.4 Å². The fourth-order valence-electron chi connectivity index (χ4n) is 1.96. The largest absolute Gasteiger partial charge is 0.479 e. The normalized spacial score (nSPS) is 11.8. The number of nitrogens with one attached hydrogen (secondary N) is 1. The molecular formula is C16H14ClN5O2. The van der Waals surface area contributed by atoms with Gasteiger partial charge in [-0.1, -0.05) is 23.7 Å². The van der Waals surface area contributed by atoms with Crippen LogP contribution in [-0.2, 0) is 4.79 Å². The summed E-state index contributed by atoms with van der Waals surface area (Å²) in [4.78, 5) is 20.4. The highest BCUT2D eigenvalue weighted by Gasteiger charge is 2.17. The van der Waals surface area contributed by atoms with E-state index >= 15 is 0 Å². The van der Waals surface area contributed by atoms with Gasteiger partial charge in [-0.2, -0.15) is 5.10 Å². The molecular weight excluding hydrogens is 330 g/mol. The van der Waals surface area contributed by atoms with Crippen molar-refractivity contribution in [2.24, 2.45) is 0 Å². The van der Waals surface area contributed by atoms with Gasteiger partial charge in [-0.05, 0) is 25.1 Å². The third-order valence-corrected chi connectivity index (χ3v) is 3.46. The fraction of sp³-hybridized carbons (Fsp3) is 0.125. The maximum absolute atomic E-state index is 12.3. The van der Waals surface area contributed by atoms with Crippen LogP contribution in [0.2, 0.25) is 5.02 Å². The number of hydrogen-bond donors (Lipinski definition) is 1. The zero-order valence-electron chi connectivity index (χ0n) is 12.8. The van der Waals surface area contributed by atoms with E-state index in [4.69, 9.17) is 16.3 Å². The lowest BCUT2D eigenvalue weighted by Gasteiger charge is -2.15. The first kappa shape index (κ1) is 15.9. The molecule has 1 aromatic carbocycles. The Hall–Kier alpha value is -2.93. The van der Waals surface area contributed by atoms with E-state index in [1.165, 1.54) is 6.33 Å². The number of nitrogens with zero attached hydrogens (tertiary/aromatic N) is 4. The second-order valence-electron chi connectivity index (χ2n) is 4.89. The summed E-state index contributed by atoms with van der Waals surface area (Å²) >= 11 is 6.02. The number of hydrogen-bond acceptors (Lipinski definition) is 5. The molecule has 2 heterocycles. The van der Waals surface area contributed by atoms with E-state index in [2.05, 4.69) is 20.4 Å². The molecule has 8 heteroatoms. The minimum atomic E-state index is -0.743. The van der Waals surface area contributed by atoms with Crippen molar-refractivity contribution < 1.29 is 9.53 Å². The maximum Gasteiger partial charge on any atom is 0.266 e. The lowest BCUT2D eigenvalue weighted by Crippen LogP contribution is -2.30. The molecule has 0 spiro atoms. The Morgan fingerprint density at radius 2 is 2.12 bits per heavy atom. The molecule has 122 valence electrons. The van der Waals surface area contributed by atoms with Crippen molar-refractivity contribution in [3.63, 3.8) is 0 Å². The number of benzene rings is 1. The average molecular weight is 344 g/mol. The van der Waals surface area contributed by atoms with E-state index in [0.717, 1.165) is 0 Å². The van der Waals surface area contributed by atoms with E-state index < -0.39 is 6.10 Å². The topological polar surface area (TPSA) is 81.9 Å². The second-order valence-corrected chi connectivity index (χ2v) is 5.30. The molecule has 0 saturated heterocycles. The van der Waals surface area contributed by atoms with Crippen molar-refractivity contribution in [2.45, 2.75) is 13.0 Å². The van der Waals surface area contributed by atoms with Gasteiger partial charge >= 0.3 is 0 Å². The van der Waals surface area contributed by atoms with Crippen molar-refractivity contribution in [3.05, 3.63) is 60.1 Å². The quantitative estimate of drug-likeness (QED) is 0.770. The van der Waals surface area contributed by atoms with Gasteiger partial charge in [0.05, 0.1) is 5.02 Å². The number of amides is 1.